The second-order valence-corrected chi connectivity index (χ2v) is 6.37. The lowest BCUT2D eigenvalue weighted by molar-refractivity contribution is -0.119. The number of nitrogens with one attached hydrogen (secondary N) is 1. The summed E-state index contributed by atoms with van der Waals surface area (Å²) in [6.45, 7) is 6.12. The Hall–Kier alpha value is -0.940. The maximum absolute atomic E-state index is 11.6. The first-order chi connectivity index (χ1) is 8.92. The Bertz CT molecular complexity index is 374. The summed E-state index contributed by atoms with van der Waals surface area (Å²) < 4.78 is 5.15. The van der Waals surface area contributed by atoms with Crippen molar-refractivity contribution >= 4 is 17.7 Å². The van der Waals surface area contributed by atoms with Crippen LogP contribution in [-0.2, 0) is 10.4 Å². The highest BCUT2D eigenvalue weighted by molar-refractivity contribution is 7.99. The van der Waals surface area contributed by atoms with Crippen LogP contribution in [0.5, 0.6) is 0 Å². The number of rotatable bonds is 8. The normalized spacial score (nSPS) is 14.4. The monoisotopic (exact) mass is 285 g/mol. The summed E-state index contributed by atoms with van der Waals surface area (Å²) in [6, 6.07) is 3.41. The van der Waals surface area contributed by atoms with Crippen molar-refractivity contribution in [2.75, 3.05) is 18.1 Å². The standard InChI is InChI=1S/C14H23NO3S/c1-11(2)6-8-19-9-13(16)15-10-14(3,17)12-5-4-7-18-12/h4-5,7,11,17H,6,8-10H2,1-3H3,(H,15,16). The predicted molar refractivity (Wildman–Crippen MR) is 78.1 cm³/mol. The summed E-state index contributed by atoms with van der Waals surface area (Å²) in [7, 11) is 0. The highest BCUT2D eigenvalue weighted by Gasteiger charge is 2.26. The summed E-state index contributed by atoms with van der Waals surface area (Å²) in [5.41, 5.74) is -1.16. The van der Waals surface area contributed by atoms with E-state index < -0.39 is 5.60 Å². The van der Waals surface area contributed by atoms with Crippen LogP contribution in [0.3, 0.4) is 0 Å². The Morgan fingerprint density at radius 1 is 1.58 bits per heavy atom. The summed E-state index contributed by atoms with van der Waals surface area (Å²) in [5, 5.41) is 12.9. The quantitative estimate of drug-likeness (QED) is 0.720. The van der Waals surface area contributed by atoms with E-state index in [0.717, 1.165) is 12.2 Å². The first kappa shape index (κ1) is 16.1. The lowest BCUT2D eigenvalue weighted by Crippen LogP contribution is -2.39. The number of thioether (sulfide) groups is 1. The molecule has 0 radical (unpaired) electrons. The molecule has 0 aromatic carbocycles. The van der Waals surface area contributed by atoms with Gasteiger partial charge in [0.25, 0.3) is 0 Å². The molecule has 1 amide bonds. The topological polar surface area (TPSA) is 62.5 Å². The fourth-order valence-electron chi connectivity index (χ4n) is 1.48. The molecule has 1 aromatic heterocycles. The second-order valence-electron chi connectivity index (χ2n) is 5.26. The van der Waals surface area contributed by atoms with E-state index in [1.54, 1.807) is 30.8 Å². The molecule has 4 nitrogen and oxygen atoms in total. The van der Waals surface area contributed by atoms with Gasteiger partial charge in [0.05, 0.1) is 18.6 Å². The number of furan rings is 1. The molecule has 1 atom stereocenters. The van der Waals surface area contributed by atoms with Crippen LogP contribution in [0.25, 0.3) is 0 Å². The Morgan fingerprint density at radius 2 is 2.32 bits per heavy atom. The van der Waals surface area contributed by atoms with Crippen molar-refractivity contribution in [2.45, 2.75) is 32.8 Å². The van der Waals surface area contributed by atoms with Crippen LogP contribution >= 0.6 is 11.8 Å². The van der Waals surface area contributed by atoms with E-state index in [9.17, 15) is 9.90 Å². The number of hydrogen-bond donors (Lipinski definition) is 2. The molecule has 1 unspecified atom stereocenters. The lowest BCUT2D eigenvalue weighted by Gasteiger charge is -2.21. The minimum Gasteiger partial charge on any atom is -0.466 e. The minimum absolute atomic E-state index is 0.0550. The van der Waals surface area contributed by atoms with Crippen LogP contribution in [-0.4, -0.2) is 29.1 Å². The predicted octanol–water partition coefficient (Wildman–Crippen LogP) is 2.38. The maximum Gasteiger partial charge on any atom is 0.230 e. The number of aliphatic hydroxyl groups is 1. The van der Waals surface area contributed by atoms with E-state index in [4.69, 9.17) is 4.42 Å². The van der Waals surface area contributed by atoms with E-state index in [0.29, 0.717) is 17.4 Å². The number of carbonyl (C=O) groups is 1. The third-order valence-corrected chi connectivity index (χ3v) is 3.75. The smallest absolute Gasteiger partial charge is 0.230 e. The molecule has 1 rings (SSSR count). The first-order valence-electron chi connectivity index (χ1n) is 6.52. The van der Waals surface area contributed by atoms with E-state index in [-0.39, 0.29) is 12.5 Å². The lowest BCUT2D eigenvalue weighted by atomic mass is 10.0. The van der Waals surface area contributed by atoms with E-state index in [2.05, 4.69) is 19.2 Å². The van der Waals surface area contributed by atoms with Gasteiger partial charge in [-0.1, -0.05) is 13.8 Å². The largest absolute Gasteiger partial charge is 0.466 e. The van der Waals surface area contributed by atoms with Gasteiger partial charge in [-0.25, -0.2) is 0 Å². The number of carbonyl (C=O) groups excluding carboxylic acids is 1. The van der Waals surface area contributed by atoms with Gasteiger partial charge in [0.2, 0.25) is 5.91 Å². The van der Waals surface area contributed by atoms with Crippen molar-refractivity contribution < 1.29 is 14.3 Å². The fraction of sp³-hybridized carbons (Fsp3) is 0.643. The molecule has 0 spiro atoms. The molecule has 0 aliphatic heterocycles. The highest BCUT2D eigenvalue weighted by Crippen LogP contribution is 2.19. The van der Waals surface area contributed by atoms with Gasteiger partial charge in [-0.05, 0) is 37.1 Å². The van der Waals surface area contributed by atoms with E-state index >= 15 is 0 Å². The molecule has 0 aliphatic carbocycles. The third-order valence-electron chi connectivity index (χ3n) is 2.75. The Balaban J connectivity index is 2.23. The van der Waals surface area contributed by atoms with Gasteiger partial charge in [-0.3, -0.25) is 4.79 Å². The van der Waals surface area contributed by atoms with Crippen molar-refractivity contribution in [3.8, 4) is 0 Å². The average Bonchev–Trinajstić information content (AvgIpc) is 2.86. The second kappa shape index (κ2) is 7.60. The number of hydrogen-bond acceptors (Lipinski definition) is 4. The maximum atomic E-state index is 11.6. The molecule has 19 heavy (non-hydrogen) atoms. The van der Waals surface area contributed by atoms with Gasteiger partial charge in [0.15, 0.2) is 0 Å². The van der Waals surface area contributed by atoms with Crippen molar-refractivity contribution in [3.63, 3.8) is 0 Å². The molecule has 0 saturated heterocycles. The molecular weight excluding hydrogens is 262 g/mol. The summed E-state index contributed by atoms with van der Waals surface area (Å²) in [4.78, 5) is 11.6. The summed E-state index contributed by atoms with van der Waals surface area (Å²) in [5.74, 6) is 2.48. The van der Waals surface area contributed by atoms with Gasteiger partial charge in [-0.2, -0.15) is 11.8 Å². The van der Waals surface area contributed by atoms with Gasteiger partial charge in [0, 0.05) is 0 Å². The van der Waals surface area contributed by atoms with Crippen LogP contribution in [0, 0.1) is 5.92 Å². The van der Waals surface area contributed by atoms with Gasteiger partial charge in [-0.15, -0.1) is 0 Å². The van der Waals surface area contributed by atoms with Crippen molar-refractivity contribution in [1.82, 2.24) is 5.32 Å². The fourth-order valence-corrected chi connectivity index (χ4v) is 2.55. The summed E-state index contributed by atoms with van der Waals surface area (Å²) in [6.07, 6.45) is 2.62. The van der Waals surface area contributed by atoms with E-state index in [1.165, 1.54) is 6.26 Å². The zero-order chi connectivity index (χ0) is 14.3. The third kappa shape index (κ3) is 6.16. The zero-order valence-corrected chi connectivity index (χ0v) is 12.6. The van der Waals surface area contributed by atoms with Gasteiger partial charge >= 0.3 is 0 Å². The van der Waals surface area contributed by atoms with Crippen molar-refractivity contribution in [2.24, 2.45) is 5.92 Å². The molecule has 0 saturated carbocycles. The Morgan fingerprint density at radius 3 is 2.89 bits per heavy atom. The van der Waals surface area contributed by atoms with Crippen LogP contribution in [0.15, 0.2) is 22.8 Å². The molecule has 2 N–H and O–H groups in total. The van der Waals surface area contributed by atoms with Gasteiger partial charge in [0.1, 0.15) is 11.4 Å². The van der Waals surface area contributed by atoms with E-state index in [1.807, 2.05) is 0 Å². The van der Waals surface area contributed by atoms with Gasteiger partial charge < -0.3 is 14.8 Å². The molecule has 1 heterocycles. The SMILES string of the molecule is CC(C)CCSCC(=O)NCC(C)(O)c1ccco1. The first-order valence-corrected chi connectivity index (χ1v) is 7.68. The minimum atomic E-state index is -1.16. The molecule has 0 bridgehead atoms. The van der Waals surface area contributed by atoms with Crippen LogP contribution < -0.4 is 5.32 Å². The van der Waals surface area contributed by atoms with Crippen molar-refractivity contribution in [1.29, 1.82) is 0 Å². The summed E-state index contributed by atoms with van der Waals surface area (Å²) >= 11 is 1.62. The zero-order valence-electron chi connectivity index (χ0n) is 11.8. The van der Waals surface area contributed by atoms with Crippen LogP contribution in [0.2, 0.25) is 0 Å². The van der Waals surface area contributed by atoms with Crippen LogP contribution in [0.1, 0.15) is 33.0 Å². The molecule has 5 heteroatoms. The molecule has 108 valence electrons. The van der Waals surface area contributed by atoms with Crippen molar-refractivity contribution in [3.05, 3.63) is 24.2 Å². The molecule has 0 fully saturated rings. The molecule has 1 aromatic rings. The highest BCUT2D eigenvalue weighted by atomic mass is 32.2. The Kier molecular flexibility index (Phi) is 6.45. The Labute approximate surface area is 119 Å². The molecule has 0 aliphatic rings. The molecular formula is C14H23NO3S. The average molecular weight is 285 g/mol. The van der Waals surface area contributed by atoms with Crippen LogP contribution in [0.4, 0.5) is 0 Å². The number of amides is 1.